The summed E-state index contributed by atoms with van der Waals surface area (Å²) in [7, 11) is 0. The first kappa shape index (κ1) is 13.1. The molecule has 2 aromatic rings. The number of pyridine rings is 1. The molecular formula is C16H15ClN2O. The summed E-state index contributed by atoms with van der Waals surface area (Å²) in [5.74, 6) is 0.262. The molecule has 1 aliphatic carbocycles. The molecule has 3 rings (SSSR count). The van der Waals surface area contributed by atoms with Crippen molar-refractivity contribution in [1.82, 2.24) is 10.3 Å². The lowest BCUT2D eigenvalue weighted by Gasteiger charge is -2.13. The van der Waals surface area contributed by atoms with Gasteiger partial charge >= 0.3 is 0 Å². The van der Waals surface area contributed by atoms with E-state index < -0.39 is 0 Å². The lowest BCUT2D eigenvalue weighted by atomic mass is 10.0. The fourth-order valence-corrected chi connectivity index (χ4v) is 2.93. The number of hydrogen-bond donors (Lipinski definition) is 1. The zero-order valence-electron chi connectivity index (χ0n) is 11.0. The van der Waals surface area contributed by atoms with Gasteiger partial charge in [-0.1, -0.05) is 35.9 Å². The van der Waals surface area contributed by atoms with Gasteiger partial charge in [-0.05, 0) is 30.0 Å². The molecule has 0 spiro atoms. The SMILES string of the molecule is O=C(NC[C@H]1CCc2ccccc21)c1ccncc1Cl. The number of nitrogens with one attached hydrogen (secondary N) is 1. The van der Waals surface area contributed by atoms with E-state index in [-0.39, 0.29) is 5.91 Å². The van der Waals surface area contributed by atoms with Crippen LogP contribution in [0.4, 0.5) is 0 Å². The third-order valence-corrected chi connectivity index (χ3v) is 4.08. The van der Waals surface area contributed by atoms with Crippen molar-refractivity contribution in [1.29, 1.82) is 0 Å². The highest BCUT2D eigenvalue weighted by Crippen LogP contribution is 2.32. The Kier molecular flexibility index (Phi) is 3.70. The lowest BCUT2D eigenvalue weighted by molar-refractivity contribution is 0.0951. The Morgan fingerprint density at radius 1 is 1.35 bits per heavy atom. The zero-order chi connectivity index (χ0) is 13.9. The minimum absolute atomic E-state index is 0.137. The largest absolute Gasteiger partial charge is 0.351 e. The van der Waals surface area contributed by atoms with E-state index >= 15 is 0 Å². The molecule has 3 nitrogen and oxygen atoms in total. The molecule has 1 atom stereocenters. The molecule has 1 aromatic carbocycles. The molecule has 1 amide bonds. The normalized spacial score (nSPS) is 16.8. The van der Waals surface area contributed by atoms with Crippen LogP contribution >= 0.6 is 11.6 Å². The first-order valence-corrected chi connectivity index (χ1v) is 7.09. The van der Waals surface area contributed by atoms with Crippen molar-refractivity contribution in [3.8, 4) is 0 Å². The molecule has 102 valence electrons. The Balaban J connectivity index is 1.67. The van der Waals surface area contributed by atoms with Gasteiger partial charge in [0.2, 0.25) is 0 Å². The number of aromatic nitrogens is 1. The Labute approximate surface area is 123 Å². The van der Waals surface area contributed by atoms with Crippen LogP contribution in [0.2, 0.25) is 5.02 Å². The van der Waals surface area contributed by atoms with Gasteiger partial charge in [0, 0.05) is 24.9 Å². The van der Waals surface area contributed by atoms with E-state index in [9.17, 15) is 4.79 Å². The number of amides is 1. The van der Waals surface area contributed by atoms with Crippen molar-refractivity contribution in [2.45, 2.75) is 18.8 Å². The molecule has 0 radical (unpaired) electrons. The van der Waals surface area contributed by atoms with Gasteiger partial charge in [-0.15, -0.1) is 0 Å². The van der Waals surface area contributed by atoms with Gasteiger partial charge < -0.3 is 5.32 Å². The summed E-state index contributed by atoms with van der Waals surface area (Å²) in [6.07, 6.45) is 5.24. The smallest absolute Gasteiger partial charge is 0.252 e. The minimum atomic E-state index is -0.137. The van der Waals surface area contributed by atoms with E-state index in [2.05, 4.69) is 34.6 Å². The van der Waals surface area contributed by atoms with Gasteiger partial charge in [0.15, 0.2) is 0 Å². The number of nitrogens with zero attached hydrogens (tertiary/aromatic N) is 1. The summed E-state index contributed by atoms with van der Waals surface area (Å²) in [4.78, 5) is 16.0. The van der Waals surface area contributed by atoms with Crippen LogP contribution in [-0.2, 0) is 6.42 Å². The molecule has 0 aliphatic heterocycles. The molecule has 0 fully saturated rings. The van der Waals surface area contributed by atoms with Crippen LogP contribution in [0.15, 0.2) is 42.7 Å². The molecule has 0 saturated heterocycles. The molecule has 0 bridgehead atoms. The summed E-state index contributed by atoms with van der Waals surface area (Å²) >= 11 is 5.97. The number of aryl methyl sites for hydroxylation is 1. The topological polar surface area (TPSA) is 42.0 Å². The highest BCUT2D eigenvalue weighted by Gasteiger charge is 2.22. The van der Waals surface area contributed by atoms with Gasteiger partial charge in [0.1, 0.15) is 0 Å². The van der Waals surface area contributed by atoms with Crippen LogP contribution in [0.1, 0.15) is 33.8 Å². The summed E-state index contributed by atoms with van der Waals surface area (Å²) in [6.45, 7) is 0.647. The predicted molar refractivity (Wildman–Crippen MR) is 79.1 cm³/mol. The second-order valence-electron chi connectivity index (χ2n) is 5.00. The van der Waals surface area contributed by atoms with Crippen molar-refractivity contribution in [3.05, 3.63) is 64.4 Å². The van der Waals surface area contributed by atoms with E-state index in [0.717, 1.165) is 12.8 Å². The Morgan fingerprint density at radius 3 is 3.05 bits per heavy atom. The third kappa shape index (κ3) is 2.54. The van der Waals surface area contributed by atoms with Crippen molar-refractivity contribution in [3.63, 3.8) is 0 Å². The summed E-state index contributed by atoms with van der Waals surface area (Å²) in [5, 5.41) is 3.36. The van der Waals surface area contributed by atoms with Crippen molar-refractivity contribution < 1.29 is 4.79 Å². The molecule has 1 aromatic heterocycles. The van der Waals surface area contributed by atoms with E-state index in [1.54, 1.807) is 12.3 Å². The predicted octanol–water partition coefficient (Wildman–Crippen LogP) is 3.19. The maximum Gasteiger partial charge on any atom is 0.252 e. The van der Waals surface area contributed by atoms with Crippen LogP contribution in [0.5, 0.6) is 0 Å². The number of benzene rings is 1. The maximum atomic E-state index is 12.1. The van der Waals surface area contributed by atoms with E-state index in [0.29, 0.717) is 23.0 Å². The Bertz CT molecular complexity index is 642. The summed E-state index contributed by atoms with van der Waals surface area (Å²) < 4.78 is 0. The van der Waals surface area contributed by atoms with Crippen molar-refractivity contribution in [2.24, 2.45) is 0 Å². The van der Waals surface area contributed by atoms with Crippen LogP contribution in [0.25, 0.3) is 0 Å². The number of fused-ring (bicyclic) bond motifs is 1. The standard InChI is InChI=1S/C16H15ClN2O/c17-15-10-18-8-7-14(15)16(20)19-9-12-6-5-11-3-1-2-4-13(11)12/h1-4,7-8,10,12H,5-6,9H2,(H,19,20)/t12-/m1/s1. The van der Waals surface area contributed by atoms with E-state index in [1.807, 2.05) is 0 Å². The molecule has 0 unspecified atom stereocenters. The molecule has 1 aliphatic rings. The highest BCUT2D eigenvalue weighted by atomic mass is 35.5. The van der Waals surface area contributed by atoms with Gasteiger partial charge in [-0.25, -0.2) is 0 Å². The quantitative estimate of drug-likeness (QED) is 0.941. The molecule has 20 heavy (non-hydrogen) atoms. The lowest BCUT2D eigenvalue weighted by Crippen LogP contribution is -2.28. The second-order valence-corrected chi connectivity index (χ2v) is 5.41. The molecular weight excluding hydrogens is 272 g/mol. The molecule has 1 N–H and O–H groups in total. The Morgan fingerprint density at radius 2 is 2.20 bits per heavy atom. The van der Waals surface area contributed by atoms with E-state index in [4.69, 9.17) is 11.6 Å². The zero-order valence-corrected chi connectivity index (χ0v) is 11.7. The molecule has 1 heterocycles. The Hall–Kier alpha value is -1.87. The molecule has 0 saturated carbocycles. The molecule has 4 heteroatoms. The average Bonchev–Trinajstić information content (AvgIpc) is 2.88. The summed E-state index contributed by atoms with van der Waals surface area (Å²) in [6, 6.07) is 10.1. The van der Waals surface area contributed by atoms with Gasteiger partial charge in [0.05, 0.1) is 10.6 Å². The second kappa shape index (κ2) is 5.63. The maximum absolute atomic E-state index is 12.1. The number of halogens is 1. The third-order valence-electron chi connectivity index (χ3n) is 3.78. The number of rotatable bonds is 3. The van der Waals surface area contributed by atoms with Crippen LogP contribution in [0.3, 0.4) is 0 Å². The first-order chi connectivity index (χ1) is 9.75. The average molecular weight is 287 g/mol. The van der Waals surface area contributed by atoms with Gasteiger partial charge in [-0.3, -0.25) is 9.78 Å². The number of carbonyl (C=O) groups excluding carboxylic acids is 1. The van der Waals surface area contributed by atoms with Crippen LogP contribution in [-0.4, -0.2) is 17.4 Å². The van der Waals surface area contributed by atoms with Crippen molar-refractivity contribution >= 4 is 17.5 Å². The van der Waals surface area contributed by atoms with Crippen LogP contribution < -0.4 is 5.32 Å². The van der Waals surface area contributed by atoms with Crippen LogP contribution in [0, 0.1) is 0 Å². The first-order valence-electron chi connectivity index (χ1n) is 6.71. The fourth-order valence-electron chi connectivity index (χ4n) is 2.73. The van der Waals surface area contributed by atoms with Gasteiger partial charge in [-0.2, -0.15) is 0 Å². The summed E-state index contributed by atoms with van der Waals surface area (Å²) in [5.41, 5.74) is 3.23. The highest BCUT2D eigenvalue weighted by molar-refractivity contribution is 6.33. The number of carbonyl (C=O) groups is 1. The monoisotopic (exact) mass is 286 g/mol. The number of hydrogen-bond acceptors (Lipinski definition) is 2. The van der Waals surface area contributed by atoms with Gasteiger partial charge in [0.25, 0.3) is 5.91 Å². The fraction of sp³-hybridized carbons (Fsp3) is 0.250. The van der Waals surface area contributed by atoms with E-state index in [1.165, 1.54) is 17.3 Å². The van der Waals surface area contributed by atoms with Crippen molar-refractivity contribution in [2.75, 3.05) is 6.54 Å². The minimum Gasteiger partial charge on any atom is -0.351 e.